The smallest absolute Gasteiger partial charge is 0.306 e. The van der Waals surface area contributed by atoms with Crippen LogP contribution in [0.4, 0.5) is 0 Å². The minimum absolute atomic E-state index is 0.0873. The Balaban J connectivity index is 4.28. The van der Waals surface area contributed by atoms with E-state index in [2.05, 4.69) is 106 Å². The van der Waals surface area contributed by atoms with Crippen molar-refractivity contribution in [1.82, 2.24) is 0 Å². The summed E-state index contributed by atoms with van der Waals surface area (Å²) in [5.41, 5.74) is 0. The van der Waals surface area contributed by atoms with Crippen molar-refractivity contribution < 1.29 is 28.6 Å². The summed E-state index contributed by atoms with van der Waals surface area (Å²) >= 11 is 0. The van der Waals surface area contributed by atoms with E-state index in [0.29, 0.717) is 19.3 Å². The number of allylic oxidation sites excluding steroid dienone is 14. The number of ether oxygens (including phenoxy) is 3. The Morgan fingerprint density at radius 1 is 0.263 bits per heavy atom. The van der Waals surface area contributed by atoms with Crippen LogP contribution in [0.1, 0.15) is 348 Å². The van der Waals surface area contributed by atoms with Crippen molar-refractivity contribution in [3.8, 4) is 0 Å². The topological polar surface area (TPSA) is 78.9 Å². The summed E-state index contributed by atoms with van der Waals surface area (Å²) in [4.78, 5) is 38.4. The van der Waals surface area contributed by atoms with Crippen molar-refractivity contribution in [2.45, 2.75) is 354 Å². The monoisotopic (exact) mass is 1110 g/mol. The molecule has 0 bridgehead atoms. The molecule has 0 saturated carbocycles. The largest absolute Gasteiger partial charge is 0.462 e. The number of hydrogen-bond acceptors (Lipinski definition) is 6. The fraction of sp³-hybridized carbons (Fsp3) is 0.770. The number of esters is 3. The van der Waals surface area contributed by atoms with Crippen molar-refractivity contribution in [2.75, 3.05) is 13.2 Å². The van der Waals surface area contributed by atoms with Crippen LogP contribution in [0.5, 0.6) is 0 Å². The third kappa shape index (κ3) is 65.4. The average Bonchev–Trinajstić information content (AvgIpc) is 3.46. The summed E-state index contributed by atoms with van der Waals surface area (Å²) in [5, 5.41) is 0. The van der Waals surface area contributed by atoms with Gasteiger partial charge in [0.2, 0.25) is 0 Å². The molecule has 6 nitrogen and oxygen atoms in total. The Labute approximate surface area is 496 Å². The van der Waals surface area contributed by atoms with Crippen molar-refractivity contribution in [2.24, 2.45) is 0 Å². The minimum atomic E-state index is -0.795. The van der Waals surface area contributed by atoms with Crippen molar-refractivity contribution in [3.05, 3.63) is 85.1 Å². The highest BCUT2D eigenvalue weighted by Gasteiger charge is 2.19. The zero-order valence-corrected chi connectivity index (χ0v) is 53.1. The molecular formula is C74H130O6. The van der Waals surface area contributed by atoms with Crippen LogP contribution in [0.15, 0.2) is 85.1 Å². The molecule has 1 atom stereocenters. The summed E-state index contributed by atoms with van der Waals surface area (Å²) in [6.07, 6.45) is 90.5. The van der Waals surface area contributed by atoms with Crippen molar-refractivity contribution in [1.29, 1.82) is 0 Å². The molecule has 0 aromatic carbocycles. The van der Waals surface area contributed by atoms with Gasteiger partial charge in [-0.1, -0.05) is 324 Å². The first-order valence-corrected chi connectivity index (χ1v) is 34.6. The normalized spacial score (nSPS) is 12.6. The fourth-order valence-corrected chi connectivity index (χ4v) is 10.0. The zero-order valence-electron chi connectivity index (χ0n) is 53.1. The van der Waals surface area contributed by atoms with E-state index in [9.17, 15) is 14.4 Å². The molecule has 1 unspecified atom stereocenters. The molecule has 462 valence electrons. The van der Waals surface area contributed by atoms with Crippen LogP contribution in [-0.2, 0) is 28.6 Å². The standard InChI is InChI=1S/C74H130O6/c1-4-7-10-13-16-19-22-25-28-31-32-33-34-35-36-37-38-39-40-41-44-46-49-52-55-58-61-64-67-73(76)79-70-71(80-74(77)68-65-62-59-56-53-50-47-43-30-27-24-21-18-15-12-9-6-3)69-78-72(75)66-63-60-57-54-51-48-45-42-29-26-23-20-17-14-11-8-5-2/h8-9,11-12,17-18,20-21,26-27,29-30,47,50,71H,4-7,10,13-16,19,22-25,28,31-46,48-49,51-70H2,1-3H3/b11-8-,12-9-,20-17-,21-18-,29-26-,30-27-,50-47-. The Hall–Kier alpha value is -3.41. The lowest BCUT2D eigenvalue weighted by molar-refractivity contribution is -0.167. The third-order valence-corrected chi connectivity index (χ3v) is 15.1. The second-order valence-electron chi connectivity index (χ2n) is 23.0. The van der Waals surface area contributed by atoms with Gasteiger partial charge in [-0.05, 0) is 89.9 Å². The molecule has 80 heavy (non-hydrogen) atoms. The molecule has 0 aromatic heterocycles. The summed E-state index contributed by atoms with van der Waals surface area (Å²) in [6, 6.07) is 0. The highest BCUT2D eigenvalue weighted by atomic mass is 16.6. The minimum Gasteiger partial charge on any atom is -0.462 e. The first kappa shape index (κ1) is 76.6. The Kier molecular flexibility index (Phi) is 65.2. The molecule has 0 fully saturated rings. The second kappa shape index (κ2) is 68.1. The van der Waals surface area contributed by atoms with Gasteiger partial charge in [0.05, 0.1) is 0 Å². The van der Waals surface area contributed by atoms with Crippen LogP contribution < -0.4 is 0 Å². The Bertz CT molecular complexity index is 1520. The molecule has 0 radical (unpaired) electrons. The maximum absolute atomic E-state index is 12.9. The van der Waals surface area contributed by atoms with Crippen molar-refractivity contribution in [3.63, 3.8) is 0 Å². The molecule has 0 spiro atoms. The van der Waals surface area contributed by atoms with Crippen LogP contribution in [0.3, 0.4) is 0 Å². The highest BCUT2D eigenvalue weighted by Crippen LogP contribution is 2.18. The molecule has 0 aliphatic heterocycles. The maximum Gasteiger partial charge on any atom is 0.306 e. The van der Waals surface area contributed by atoms with Gasteiger partial charge in [-0.2, -0.15) is 0 Å². The van der Waals surface area contributed by atoms with E-state index in [0.717, 1.165) is 122 Å². The van der Waals surface area contributed by atoms with Crippen LogP contribution in [-0.4, -0.2) is 37.2 Å². The quantitative estimate of drug-likeness (QED) is 0.0261. The summed E-state index contributed by atoms with van der Waals surface area (Å²) in [7, 11) is 0. The average molecular weight is 1120 g/mol. The SMILES string of the molecule is CC/C=C\C/C=C\C/C=C\C/C=C\CCCCCCC(=O)OC(COC(=O)CCCCCCCCC/C=C\C/C=C\C/C=C\CC)COC(=O)CCCCCCCCCCCCCCCCCCCCCCCCCCCCCC. The lowest BCUT2D eigenvalue weighted by Gasteiger charge is -2.18. The molecule has 0 saturated heterocycles. The van der Waals surface area contributed by atoms with E-state index < -0.39 is 6.10 Å². The fourth-order valence-electron chi connectivity index (χ4n) is 10.0. The van der Waals surface area contributed by atoms with Gasteiger partial charge in [0.15, 0.2) is 6.10 Å². The molecule has 0 amide bonds. The Morgan fingerprint density at radius 2 is 0.487 bits per heavy atom. The van der Waals surface area contributed by atoms with Crippen LogP contribution in [0.2, 0.25) is 0 Å². The number of carbonyl (C=O) groups excluding carboxylic acids is 3. The lowest BCUT2D eigenvalue weighted by atomic mass is 10.0. The van der Waals surface area contributed by atoms with E-state index in [1.165, 1.54) is 186 Å². The van der Waals surface area contributed by atoms with E-state index in [4.69, 9.17) is 14.2 Å². The number of carbonyl (C=O) groups is 3. The Morgan fingerprint density at radius 3 is 0.762 bits per heavy atom. The molecule has 0 aliphatic rings. The first-order chi connectivity index (χ1) is 39.5. The molecule has 0 N–H and O–H groups in total. The molecule has 0 rings (SSSR count). The maximum atomic E-state index is 12.9. The van der Waals surface area contributed by atoms with Crippen LogP contribution in [0, 0.1) is 0 Å². The summed E-state index contributed by atoms with van der Waals surface area (Å²) in [5.74, 6) is -0.905. The summed E-state index contributed by atoms with van der Waals surface area (Å²) < 4.78 is 16.9. The van der Waals surface area contributed by atoms with Gasteiger partial charge >= 0.3 is 17.9 Å². The van der Waals surface area contributed by atoms with Crippen LogP contribution >= 0.6 is 0 Å². The van der Waals surface area contributed by atoms with Gasteiger partial charge in [0.1, 0.15) is 13.2 Å². The molecule has 6 heteroatoms. The van der Waals surface area contributed by atoms with Gasteiger partial charge in [0.25, 0.3) is 0 Å². The predicted molar refractivity (Wildman–Crippen MR) is 348 cm³/mol. The van der Waals surface area contributed by atoms with E-state index in [1.807, 2.05) is 0 Å². The number of unbranched alkanes of at least 4 members (excludes halogenated alkanes) is 38. The third-order valence-electron chi connectivity index (χ3n) is 15.1. The second-order valence-corrected chi connectivity index (χ2v) is 23.0. The van der Waals surface area contributed by atoms with Gasteiger partial charge in [0, 0.05) is 19.3 Å². The zero-order chi connectivity index (χ0) is 57.8. The van der Waals surface area contributed by atoms with E-state index in [1.54, 1.807) is 0 Å². The molecule has 0 heterocycles. The highest BCUT2D eigenvalue weighted by molar-refractivity contribution is 5.71. The lowest BCUT2D eigenvalue weighted by Crippen LogP contribution is -2.30. The van der Waals surface area contributed by atoms with Gasteiger partial charge < -0.3 is 14.2 Å². The number of rotatable bonds is 63. The first-order valence-electron chi connectivity index (χ1n) is 34.6. The predicted octanol–water partition coefficient (Wildman–Crippen LogP) is 23.8. The summed E-state index contributed by atoms with van der Waals surface area (Å²) in [6.45, 7) is 6.44. The van der Waals surface area contributed by atoms with Crippen molar-refractivity contribution >= 4 is 17.9 Å². The molecular weight excluding hydrogens is 985 g/mol. The molecule has 0 aliphatic carbocycles. The van der Waals surface area contributed by atoms with E-state index >= 15 is 0 Å². The van der Waals surface area contributed by atoms with E-state index in [-0.39, 0.29) is 31.1 Å². The van der Waals surface area contributed by atoms with Gasteiger partial charge in [-0.15, -0.1) is 0 Å². The van der Waals surface area contributed by atoms with Crippen LogP contribution in [0.25, 0.3) is 0 Å². The van der Waals surface area contributed by atoms with Gasteiger partial charge in [-0.25, -0.2) is 0 Å². The van der Waals surface area contributed by atoms with Gasteiger partial charge in [-0.3, -0.25) is 14.4 Å². The number of hydrogen-bond donors (Lipinski definition) is 0. The molecule has 0 aromatic rings.